The molecule has 1 aromatic heterocycles. The van der Waals surface area contributed by atoms with Crippen LogP contribution in [0.3, 0.4) is 0 Å². The number of hydrogen-bond acceptors (Lipinski definition) is 7. The molecule has 0 unspecified atom stereocenters. The normalized spacial score (nSPS) is 11.4. The minimum Gasteiger partial charge on any atom is -0.489 e. The molecule has 0 atom stereocenters. The summed E-state index contributed by atoms with van der Waals surface area (Å²) in [7, 11) is -3.39. The number of hydrogen-bond donors (Lipinski definition) is 1. The van der Waals surface area contributed by atoms with Gasteiger partial charge in [-0.1, -0.05) is 24.3 Å². The molecule has 0 radical (unpaired) electrons. The van der Waals surface area contributed by atoms with Gasteiger partial charge in [0.05, 0.1) is 28.9 Å². The summed E-state index contributed by atoms with van der Waals surface area (Å²) in [6.45, 7) is 3.80. The number of rotatable bonds is 8. The van der Waals surface area contributed by atoms with Crippen LogP contribution in [-0.4, -0.2) is 26.7 Å². The van der Waals surface area contributed by atoms with Crippen molar-refractivity contribution < 1.29 is 27.1 Å². The molecule has 0 saturated carbocycles. The zero-order valence-corrected chi connectivity index (χ0v) is 20.8. The maximum Gasteiger partial charge on any atom is 0.338 e. The summed E-state index contributed by atoms with van der Waals surface area (Å²) in [5.41, 5.74) is 2.73. The molecule has 0 aliphatic heterocycles. The van der Waals surface area contributed by atoms with E-state index in [0.717, 1.165) is 11.8 Å². The number of benzene rings is 3. The van der Waals surface area contributed by atoms with E-state index in [2.05, 4.69) is 4.72 Å². The predicted molar refractivity (Wildman–Crippen MR) is 138 cm³/mol. The highest BCUT2D eigenvalue weighted by Crippen LogP contribution is 2.25. The van der Waals surface area contributed by atoms with Crippen molar-refractivity contribution in [3.63, 3.8) is 0 Å². The van der Waals surface area contributed by atoms with Crippen molar-refractivity contribution in [1.82, 2.24) is 0 Å². The Morgan fingerprint density at radius 1 is 1.03 bits per heavy atom. The minimum absolute atomic E-state index is 0.207. The molecule has 0 bridgehead atoms. The molecular formula is C27H25NO7S. The zero-order chi connectivity index (χ0) is 25.9. The standard InChI is InChI=1S/C27H25NO7S/c1-17(2)35-27(30)20-6-4-5-18(13-20)15-33-22-11-12-23-25(14-22)34-16-24(26(23)29)19-7-9-21(10-8-19)28-36(3,31)32/h4-14,16-17,28H,15H2,1-3H3. The number of fused-ring (bicyclic) bond motifs is 1. The third kappa shape index (κ3) is 6.11. The van der Waals surface area contributed by atoms with Gasteiger partial charge in [-0.05, 0) is 61.4 Å². The molecule has 36 heavy (non-hydrogen) atoms. The van der Waals surface area contributed by atoms with Gasteiger partial charge in [0.1, 0.15) is 24.2 Å². The fourth-order valence-electron chi connectivity index (χ4n) is 3.57. The van der Waals surface area contributed by atoms with E-state index in [1.807, 2.05) is 6.07 Å². The van der Waals surface area contributed by atoms with E-state index in [0.29, 0.717) is 39.1 Å². The van der Waals surface area contributed by atoms with Crippen LogP contribution >= 0.6 is 0 Å². The molecule has 1 N–H and O–H groups in total. The van der Waals surface area contributed by atoms with Crippen molar-refractivity contribution in [2.45, 2.75) is 26.6 Å². The van der Waals surface area contributed by atoms with Crippen molar-refractivity contribution in [2.24, 2.45) is 0 Å². The van der Waals surface area contributed by atoms with Gasteiger partial charge in [0.2, 0.25) is 10.0 Å². The van der Waals surface area contributed by atoms with Crippen LogP contribution in [0.2, 0.25) is 0 Å². The van der Waals surface area contributed by atoms with Crippen LogP contribution in [-0.2, 0) is 21.4 Å². The lowest BCUT2D eigenvalue weighted by Gasteiger charge is -2.10. The highest BCUT2D eigenvalue weighted by Gasteiger charge is 2.12. The minimum atomic E-state index is -3.39. The Bertz CT molecular complexity index is 1570. The number of carbonyl (C=O) groups excluding carboxylic acids is 1. The average Bonchev–Trinajstić information content (AvgIpc) is 2.82. The van der Waals surface area contributed by atoms with Crippen LogP contribution in [0.5, 0.6) is 5.75 Å². The number of anilines is 1. The summed E-state index contributed by atoms with van der Waals surface area (Å²) in [6.07, 6.45) is 2.23. The fourth-order valence-corrected chi connectivity index (χ4v) is 4.13. The van der Waals surface area contributed by atoms with E-state index in [1.165, 1.54) is 6.26 Å². The molecular weight excluding hydrogens is 482 g/mol. The summed E-state index contributed by atoms with van der Waals surface area (Å²) in [5.74, 6) is 0.112. The molecule has 0 amide bonds. The third-order valence-electron chi connectivity index (χ3n) is 5.16. The summed E-state index contributed by atoms with van der Waals surface area (Å²) in [4.78, 5) is 25.2. The van der Waals surface area contributed by atoms with Crippen molar-refractivity contribution in [1.29, 1.82) is 0 Å². The highest BCUT2D eigenvalue weighted by atomic mass is 32.2. The Kier molecular flexibility index (Phi) is 7.12. The Balaban J connectivity index is 1.51. The lowest BCUT2D eigenvalue weighted by molar-refractivity contribution is 0.0377. The fraction of sp³-hybridized carbons (Fsp3) is 0.185. The van der Waals surface area contributed by atoms with E-state index in [4.69, 9.17) is 13.9 Å². The number of esters is 1. The van der Waals surface area contributed by atoms with Crippen LogP contribution < -0.4 is 14.9 Å². The van der Waals surface area contributed by atoms with Gasteiger partial charge in [-0.25, -0.2) is 13.2 Å². The summed E-state index contributed by atoms with van der Waals surface area (Å²) in [6, 6.07) is 18.4. The van der Waals surface area contributed by atoms with Gasteiger partial charge in [-0.15, -0.1) is 0 Å². The quantitative estimate of drug-likeness (QED) is 0.335. The second kappa shape index (κ2) is 10.2. The van der Waals surface area contributed by atoms with Gasteiger partial charge >= 0.3 is 5.97 Å². The topological polar surface area (TPSA) is 112 Å². The van der Waals surface area contributed by atoms with Gasteiger partial charge in [-0.2, -0.15) is 0 Å². The molecule has 4 rings (SSSR count). The molecule has 4 aromatic rings. The van der Waals surface area contributed by atoms with E-state index in [-0.39, 0.29) is 18.1 Å². The number of ether oxygens (including phenoxy) is 2. The second-order valence-electron chi connectivity index (χ2n) is 8.53. The third-order valence-corrected chi connectivity index (χ3v) is 5.76. The Hall–Kier alpha value is -4.11. The first kappa shape index (κ1) is 25.0. The molecule has 0 aliphatic rings. The molecule has 186 valence electrons. The van der Waals surface area contributed by atoms with Gasteiger partial charge < -0.3 is 13.9 Å². The lowest BCUT2D eigenvalue weighted by Crippen LogP contribution is -2.12. The first-order valence-corrected chi connectivity index (χ1v) is 13.0. The molecule has 0 spiro atoms. The average molecular weight is 508 g/mol. The molecule has 1 heterocycles. The lowest BCUT2D eigenvalue weighted by atomic mass is 10.1. The number of sulfonamides is 1. The van der Waals surface area contributed by atoms with Crippen LogP contribution in [0.15, 0.2) is 82.2 Å². The first-order chi connectivity index (χ1) is 17.1. The van der Waals surface area contributed by atoms with Crippen LogP contribution in [0.4, 0.5) is 5.69 Å². The molecule has 0 saturated heterocycles. The summed E-state index contributed by atoms with van der Waals surface area (Å²) < 4.78 is 41.9. The van der Waals surface area contributed by atoms with Gasteiger partial charge in [-0.3, -0.25) is 9.52 Å². The maximum absolute atomic E-state index is 13.1. The molecule has 9 heteroatoms. The Morgan fingerprint density at radius 3 is 2.47 bits per heavy atom. The van der Waals surface area contributed by atoms with Crippen LogP contribution in [0.25, 0.3) is 22.1 Å². The summed E-state index contributed by atoms with van der Waals surface area (Å²) in [5, 5.41) is 0.386. The Labute approximate surface area is 208 Å². The molecule has 0 aliphatic carbocycles. The van der Waals surface area contributed by atoms with Crippen LogP contribution in [0, 0.1) is 0 Å². The van der Waals surface area contributed by atoms with Crippen molar-refractivity contribution >= 4 is 32.6 Å². The van der Waals surface area contributed by atoms with Crippen LogP contribution in [0.1, 0.15) is 29.8 Å². The monoisotopic (exact) mass is 507 g/mol. The van der Waals surface area contributed by atoms with Crippen molar-refractivity contribution in [2.75, 3.05) is 11.0 Å². The largest absolute Gasteiger partial charge is 0.489 e. The number of carbonyl (C=O) groups is 1. The Morgan fingerprint density at radius 2 is 1.78 bits per heavy atom. The molecule has 3 aromatic carbocycles. The second-order valence-corrected chi connectivity index (χ2v) is 10.3. The van der Waals surface area contributed by atoms with Crippen molar-refractivity contribution in [3.8, 4) is 16.9 Å². The SMILES string of the molecule is CC(C)OC(=O)c1cccc(COc2ccc3c(=O)c(-c4ccc(NS(C)(=O)=O)cc4)coc3c2)c1. The smallest absolute Gasteiger partial charge is 0.338 e. The van der Waals surface area contributed by atoms with Gasteiger partial charge in [0.15, 0.2) is 5.43 Å². The maximum atomic E-state index is 13.1. The molecule has 8 nitrogen and oxygen atoms in total. The number of nitrogens with one attached hydrogen (secondary N) is 1. The molecule has 0 fully saturated rings. The van der Waals surface area contributed by atoms with Gasteiger partial charge in [0, 0.05) is 11.8 Å². The highest BCUT2D eigenvalue weighted by molar-refractivity contribution is 7.92. The van der Waals surface area contributed by atoms with E-state index in [1.54, 1.807) is 74.5 Å². The van der Waals surface area contributed by atoms with Crippen molar-refractivity contribution in [3.05, 3.63) is 94.3 Å². The van der Waals surface area contributed by atoms with E-state index < -0.39 is 16.0 Å². The van der Waals surface area contributed by atoms with Gasteiger partial charge in [0.25, 0.3) is 0 Å². The van der Waals surface area contributed by atoms with E-state index in [9.17, 15) is 18.0 Å². The summed E-state index contributed by atoms with van der Waals surface area (Å²) >= 11 is 0. The van der Waals surface area contributed by atoms with E-state index >= 15 is 0 Å². The predicted octanol–water partition coefficient (Wildman–Crippen LogP) is 4.98. The first-order valence-electron chi connectivity index (χ1n) is 11.2. The zero-order valence-electron chi connectivity index (χ0n) is 20.0.